The summed E-state index contributed by atoms with van der Waals surface area (Å²) in [4.78, 5) is 31.7. The van der Waals surface area contributed by atoms with E-state index in [1.54, 1.807) is 22.3 Å². The van der Waals surface area contributed by atoms with Gasteiger partial charge < -0.3 is 14.5 Å². The highest BCUT2D eigenvalue weighted by molar-refractivity contribution is 7.10. The van der Waals surface area contributed by atoms with E-state index in [9.17, 15) is 14.0 Å². The number of hydrogen-bond donors (Lipinski definition) is 0. The molecule has 7 heteroatoms. The van der Waals surface area contributed by atoms with E-state index in [1.807, 2.05) is 30.9 Å². The normalized spacial score (nSPS) is 15.8. The number of nitrogens with zero attached hydrogens (tertiary/aromatic N) is 2. The monoisotopic (exact) mass is 522 g/mol. The first-order valence-corrected chi connectivity index (χ1v) is 13.8. The minimum absolute atomic E-state index is 0.0661. The Morgan fingerprint density at radius 3 is 2.57 bits per heavy atom. The van der Waals surface area contributed by atoms with Crippen LogP contribution < -0.4 is 4.74 Å². The molecule has 0 N–H and O–H groups in total. The molecule has 3 aromatic rings. The molecule has 1 aromatic heterocycles. The molecule has 1 aliphatic heterocycles. The first kappa shape index (κ1) is 26.9. The fraction of sp³-hybridized carbons (Fsp3) is 0.400. The standard InChI is InChI=1S/C30H35FN2O3S/c1-5-21(4)33(30(35)23-7-6-8-24(31)17-23)18-29(34)32-15-13-28-26(14-16-37-28)27(32)19-36-25-11-9-22(10-12-25)20(2)3/h6-12,14,16-17,20-21,27H,5,13,15,18-19H2,1-4H3/t21-,27-/m1/s1. The summed E-state index contributed by atoms with van der Waals surface area (Å²) in [5.74, 6) is 0.263. The number of thiophene rings is 1. The number of carbonyl (C=O) groups is 2. The smallest absolute Gasteiger partial charge is 0.254 e. The van der Waals surface area contributed by atoms with Gasteiger partial charge in [0.2, 0.25) is 5.91 Å². The third-order valence-electron chi connectivity index (χ3n) is 7.13. The first-order chi connectivity index (χ1) is 17.8. The van der Waals surface area contributed by atoms with Crippen molar-refractivity contribution in [1.29, 1.82) is 0 Å². The van der Waals surface area contributed by atoms with Gasteiger partial charge in [-0.2, -0.15) is 0 Å². The van der Waals surface area contributed by atoms with Gasteiger partial charge >= 0.3 is 0 Å². The maximum atomic E-state index is 13.8. The SMILES string of the molecule is CC[C@@H](C)N(CC(=O)N1CCc2sccc2[C@H]1COc1ccc(C(C)C)cc1)C(=O)c1cccc(F)c1. The van der Waals surface area contributed by atoms with Crippen LogP contribution in [-0.2, 0) is 11.2 Å². The van der Waals surface area contributed by atoms with E-state index in [4.69, 9.17) is 4.74 Å². The molecule has 1 aliphatic rings. The van der Waals surface area contributed by atoms with Crippen LogP contribution in [-0.4, -0.2) is 47.4 Å². The van der Waals surface area contributed by atoms with Crippen LogP contribution in [0.2, 0.25) is 0 Å². The Balaban J connectivity index is 1.53. The molecular weight excluding hydrogens is 487 g/mol. The summed E-state index contributed by atoms with van der Waals surface area (Å²) in [5, 5.41) is 2.06. The molecular formula is C30H35FN2O3S. The average molecular weight is 523 g/mol. The lowest BCUT2D eigenvalue weighted by Crippen LogP contribution is -2.49. The quantitative estimate of drug-likeness (QED) is 0.324. The molecule has 196 valence electrons. The van der Waals surface area contributed by atoms with Crippen molar-refractivity contribution in [2.45, 2.75) is 58.5 Å². The van der Waals surface area contributed by atoms with Gasteiger partial charge in [-0.15, -0.1) is 11.3 Å². The van der Waals surface area contributed by atoms with Crippen molar-refractivity contribution in [3.05, 3.63) is 87.4 Å². The number of benzene rings is 2. The van der Waals surface area contributed by atoms with Crippen molar-refractivity contribution in [3.8, 4) is 5.75 Å². The number of ether oxygens (including phenoxy) is 1. The van der Waals surface area contributed by atoms with E-state index in [0.29, 0.717) is 25.5 Å². The summed E-state index contributed by atoms with van der Waals surface area (Å²) in [6.07, 6.45) is 1.46. The van der Waals surface area contributed by atoms with E-state index in [0.717, 1.165) is 17.7 Å². The predicted octanol–water partition coefficient (Wildman–Crippen LogP) is 6.46. The Morgan fingerprint density at radius 2 is 1.89 bits per heavy atom. The zero-order valence-corrected chi connectivity index (χ0v) is 22.8. The Labute approximate surface area is 222 Å². The highest BCUT2D eigenvalue weighted by Gasteiger charge is 2.34. The van der Waals surface area contributed by atoms with Gasteiger partial charge in [-0.05, 0) is 78.6 Å². The van der Waals surface area contributed by atoms with E-state index in [2.05, 4.69) is 37.4 Å². The second kappa shape index (κ2) is 11.9. The second-order valence-corrected chi connectivity index (χ2v) is 10.9. The van der Waals surface area contributed by atoms with Crippen LogP contribution in [0, 0.1) is 5.82 Å². The highest BCUT2D eigenvalue weighted by Crippen LogP contribution is 2.34. The van der Waals surface area contributed by atoms with Gasteiger partial charge in [0.25, 0.3) is 5.91 Å². The lowest BCUT2D eigenvalue weighted by atomic mass is 10.00. The number of halogens is 1. The molecule has 0 radical (unpaired) electrons. The molecule has 2 amide bonds. The number of fused-ring (bicyclic) bond motifs is 1. The molecule has 4 rings (SSSR count). The topological polar surface area (TPSA) is 49.9 Å². The molecule has 37 heavy (non-hydrogen) atoms. The van der Waals surface area contributed by atoms with Crippen LogP contribution in [0.1, 0.15) is 72.4 Å². The number of carbonyl (C=O) groups excluding carboxylic acids is 2. The molecule has 2 atom stereocenters. The zero-order valence-electron chi connectivity index (χ0n) is 21.9. The van der Waals surface area contributed by atoms with Gasteiger partial charge in [0.15, 0.2) is 0 Å². The molecule has 0 unspecified atom stereocenters. The minimum atomic E-state index is -0.471. The lowest BCUT2D eigenvalue weighted by Gasteiger charge is -2.38. The van der Waals surface area contributed by atoms with Crippen LogP contribution in [0.5, 0.6) is 5.75 Å². The van der Waals surface area contributed by atoms with Crippen LogP contribution in [0.25, 0.3) is 0 Å². The van der Waals surface area contributed by atoms with E-state index in [1.165, 1.54) is 28.6 Å². The third kappa shape index (κ3) is 6.21. The molecule has 2 heterocycles. The van der Waals surface area contributed by atoms with Crippen molar-refractivity contribution in [2.75, 3.05) is 19.7 Å². The largest absolute Gasteiger partial charge is 0.491 e. The van der Waals surface area contributed by atoms with Crippen molar-refractivity contribution < 1.29 is 18.7 Å². The van der Waals surface area contributed by atoms with Crippen LogP contribution in [0.4, 0.5) is 4.39 Å². The Bertz CT molecular complexity index is 1220. The van der Waals surface area contributed by atoms with Crippen molar-refractivity contribution in [2.24, 2.45) is 0 Å². The van der Waals surface area contributed by atoms with Crippen molar-refractivity contribution >= 4 is 23.2 Å². The van der Waals surface area contributed by atoms with E-state index in [-0.39, 0.29) is 36.0 Å². The lowest BCUT2D eigenvalue weighted by molar-refractivity contribution is -0.136. The third-order valence-corrected chi connectivity index (χ3v) is 8.13. The summed E-state index contributed by atoms with van der Waals surface area (Å²) in [6.45, 7) is 9.03. The summed E-state index contributed by atoms with van der Waals surface area (Å²) >= 11 is 1.70. The zero-order chi connectivity index (χ0) is 26.5. The van der Waals surface area contributed by atoms with Crippen LogP contribution in [0.3, 0.4) is 0 Å². The van der Waals surface area contributed by atoms with Gasteiger partial charge in [-0.25, -0.2) is 4.39 Å². The summed E-state index contributed by atoms with van der Waals surface area (Å²) in [5.41, 5.74) is 2.60. The van der Waals surface area contributed by atoms with E-state index < -0.39 is 5.82 Å². The Hall–Kier alpha value is -3.19. The summed E-state index contributed by atoms with van der Waals surface area (Å²) < 4.78 is 20.0. The molecule has 2 aromatic carbocycles. The summed E-state index contributed by atoms with van der Waals surface area (Å²) in [7, 11) is 0. The first-order valence-electron chi connectivity index (χ1n) is 12.9. The van der Waals surface area contributed by atoms with Gasteiger partial charge in [0.05, 0.1) is 6.04 Å². The molecule has 5 nitrogen and oxygen atoms in total. The Morgan fingerprint density at radius 1 is 1.14 bits per heavy atom. The molecule has 0 saturated heterocycles. The maximum Gasteiger partial charge on any atom is 0.254 e. The predicted molar refractivity (Wildman–Crippen MR) is 146 cm³/mol. The number of rotatable bonds is 9. The minimum Gasteiger partial charge on any atom is -0.491 e. The highest BCUT2D eigenvalue weighted by atomic mass is 32.1. The second-order valence-electron chi connectivity index (χ2n) is 9.89. The average Bonchev–Trinajstić information content (AvgIpc) is 3.39. The van der Waals surface area contributed by atoms with Crippen molar-refractivity contribution in [1.82, 2.24) is 9.80 Å². The van der Waals surface area contributed by atoms with Gasteiger partial charge in [0, 0.05) is 23.0 Å². The molecule has 0 spiro atoms. The fourth-order valence-electron chi connectivity index (χ4n) is 4.67. The van der Waals surface area contributed by atoms with Crippen LogP contribution in [0.15, 0.2) is 60.0 Å². The van der Waals surface area contributed by atoms with Gasteiger partial charge in [0.1, 0.15) is 24.7 Å². The number of amides is 2. The van der Waals surface area contributed by atoms with Crippen LogP contribution >= 0.6 is 11.3 Å². The molecule has 0 aliphatic carbocycles. The summed E-state index contributed by atoms with van der Waals surface area (Å²) in [6, 6.07) is 15.4. The maximum absolute atomic E-state index is 13.8. The van der Waals surface area contributed by atoms with Crippen molar-refractivity contribution in [3.63, 3.8) is 0 Å². The van der Waals surface area contributed by atoms with E-state index >= 15 is 0 Å². The van der Waals surface area contributed by atoms with Gasteiger partial charge in [-0.3, -0.25) is 9.59 Å². The van der Waals surface area contributed by atoms with Gasteiger partial charge in [-0.1, -0.05) is 39.0 Å². The Kier molecular flexibility index (Phi) is 8.64. The fourth-order valence-corrected chi connectivity index (χ4v) is 5.60. The molecule has 0 bridgehead atoms. The number of hydrogen-bond acceptors (Lipinski definition) is 4. The molecule has 0 saturated carbocycles. The molecule has 0 fully saturated rings.